The summed E-state index contributed by atoms with van der Waals surface area (Å²) in [5.74, 6) is 3.25. The number of hydrogen-bond donors (Lipinski definition) is 1. The molecule has 2 aromatic heterocycles. The molecule has 2 atom stereocenters. The van der Waals surface area contributed by atoms with Crippen LogP contribution in [-0.2, 0) is 0 Å². The SMILES string of the molecule is Cc1cc(C)n(-c2cncc(NCCCCN3CC(C)CC(C)C3)n2)n1. The molecule has 0 saturated carbocycles. The van der Waals surface area contributed by atoms with Crippen LogP contribution >= 0.6 is 0 Å². The van der Waals surface area contributed by atoms with E-state index in [9.17, 15) is 0 Å². The van der Waals surface area contributed by atoms with E-state index in [-0.39, 0.29) is 0 Å². The van der Waals surface area contributed by atoms with Gasteiger partial charge in [-0.05, 0) is 57.6 Å². The Balaban J connectivity index is 1.44. The van der Waals surface area contributed by atoms with Gasteiger partial charge in [-0.25, -0.2) is 9.67 Å². The Morgan fingerprint density at radius 3 is 2.58 bits per heavy atom. The smallest absolute Gasteiger partial charge is 0.174 e. The van der Waals surface area contributed by atoms with Gasteiger partial charge in [0.15, 0.2) is 5.82 Å². The van der Waals surface area contributed by atoms with Crippen molar-refractivity contribution in [2.24, 2.45) is 11.8 Å². The highest BCUT2D eigenvalue weighted by atomic mass is 15.3. The van der Waals surface area contributed by atoms with Crippen LogP contribution in [0.3, 0.4) is 0 Å². The van der Waals surface area contributed by atoms with Gasteiger partial charge >= 0.3 is 0 Å². The fourth-order valence-corrected chi connectivity index (χ4v) is 4.06. The van der Waals surface area contributed by atoms with Gasteiger partial charge in [0.2, 0.25) is 0 Å². The number of piperidine rings is 1. The normalized spacial score (nSPS) is 21.1. The predicted octanol–water partition coefficient (Wildman–Crippen LogP) is 3.45. The summed E-state index contributed by atoms with van der Waals surface area (Å²) in [4.78, 5) is 11.6. The Hall–Kier alpha value is -1.95. The molecule has 26 heavy (non-hydrogen) atoms. The molecule has 1 aliphatic heterocycles. The lowest BCUT2D eigenvalue weighted by Crippen LogP contribution is -2.39. The van der Waals surface area contributed by atoms with Gasteiger partial charge < -0.3 is 10.2 Å². The number of anilines is 1. The van der Waals surface area contributed by atoms with Crippen LogP contribution in [0.25, 0.3) is 5.82 Å². The van der Waals surface area contributed by atoms with Gasteiger partial charge in [-0.3, -0.25) is 4.98 Å². The molecule has 6 heteroatoms. The van der Waals surface area contributed by atoms with Gasteiger partial charge in [-0.1, -0.05) is 13.8 Å². The molecular formula is C20H32N6. The molecule has 1 N–H and O–H groups in total. The number of aromatic nitrogens is 4. The second-order valence-electron chi connectivity index (χ2n) is 7.94. The molecule has 3 heterocycles. The molecule has 0 aromatic carbocycles. The first-order valence-electron chi connectivity index (χ1n) is 9.83. The third-order valence-electron chi connectivity index (χ3n) is 5.00. The molecule has 142 valence electrons. The van der Waals surface area contributed by atoms with Gasteiger partial charge in [-0.15, -0.1) is 0 Å². The first kappa shape index (κ1) is 18.8. The number of nitrogens with one attached hydrogen (secondary N) is 1. The Morgan fingerprint density at radius 1 is 1.12 bits per heavy atom. The summed E-state index contributed by atoms with van der Waals surface area (Å²) in [5, 5.41) is 7.88. The average Bonchev–Trinajstić information content (AvgIpc) is 2.92. The third-order valence-corrected chi connectivity index (χ3v) is 5.00. The molecule has 0 radical (unpaired) electrons. The fourth-order valence-electron chi connectivity index (χ4n) is 4.06. The van der Waals surface area contributed by atoms with E-state index in [1.165, 1.54) is 32.5 Å². The van der Waals surface area contributed by atoms with Gasteiger partial charge in [0.25, 0.3) is 0 Å². The highest BCUT2D eigenvalue weighted by Gasteiger charge is 2.20. The highest BCUT2D eigenvalue weighted by Crippen LogP contribution is 2.21. The molecule has 3 rings (SSSR count). The second-order valence-corrected chi connectivity index (χ2v) is 7.94. The Kier molecular flexibility index (Phi) is 6.25. The van der Waals surface area contributed by atoms with Crippen LogP contribution in [0, 0.1) is 25.7 Å². The van der Waals surface area contributed by atoms with Crippen molar-refractivity contribution in [2.45, 2.75) is 47.0 Å². The number of rotatable bonds is 7. The average molecular weight is 357 g/mol. The molecule has 2 unspecified atom stereocenters. The zero-order valence-corrected chi connectivity index (χ0v) is 16.6. The van der Waals surface area contributed by atoms with E-state index in [0.717, 1.165) is 47.8 Å². The molecule has 6 nitrogen and oxygen atoms in total. The summed E-state index contributed by atoms with van der Waals surface area (Å²) in [5.41, 5.74) is 2.06. The van der Waals surface area contributed by atoms with E-state index < -0.39 is 0 Å². The summed E-state index contributed by atoms with van der Waals surface area (Å²) in [6.45, 7) is 13.4. The lowest BCUT2D eigenvalue weighted by Gasteiger charge is -2.34. The van der Waals surface area contributed by atoms with Crippen LogP contribution in [0.2, 0.25) is 0 Å². The van der Waals surface area contributed by atoms with Crippen molar-refractivity contribution in [3.63, 3.8) is 0 Å². The third kappa shape index (κ3) is 5.04. The lowest BCUT2D eigenvalue weighted by molar-refractivity contribution is 0.139. The van der Waals surface area contributed by atoms with Crippen LogP contribution in [0.15, 0.2) is 18.5 Å². The summed E-state index contributed by atoms with van der Waals surface area (Å²) in [6, 6.07) is 2.05. The van der Waals surface area contributed by atoms with Crippen molar-refractivity contribution in [3.8, 4) is 5.82 Å². The van der Waals surface area contributed by atoms with Crippen LogP contribution in [0.4, 0.5) is 5.82 Å². The maximum Gasteiger partial charge on any atom is 0.174 e. The molecular weight excluding hydrogens is 324 g/mol. The number of likely N-dealkylation sites (tertiary alicyclic amines) is 1. The molecule has 0 amide bonds. The minimum atomic E-state index is 0.761. The Bertz CT molecular complexity index is 700. The molecule has 2 aromatic rings. The van der Waals surface area contributed by atoms with E-state index in [4.69, 9.17) is 0 Å². The first-order valence-corrected chi connectivity index (χ1v) is 9.83. The van der Waals surface area contributed by atoms with Crippen LogP contribution in [0.1, 0.15) is 44.5 Å². The maximum atomic E-state index is 4.64. The van der Waals surface area contributed by atoms with Crippen molar-refractivity contribution in [1.82, 2.24) is 24.6 Å². The van der Waals surface area contributed by atoms with Crippen LogP contribution in [0.5, 0.6) is 0 Å². The van der Waals surface area contributed by atoms with Crippen LogP contribution in [-0.4, -0.2) is 50.8 Å². The number of aryl methyl sites for hydroxylation is 2. The van der Waals surface area contributed by atoms with E-state index in [1.807, 2.05) is 24.6 Å². The molecule has 0 aliphatic carbocycles. The molecule has 0 bridgehead atoms. The van der Waals surface area contributed by atoms with Crippen molar-refractivity contribution >= 4 is 5.82 Å². The highest BCUT2D eigenvalue weighted by molar-refractivity contribution is 5.36. The predicted molar refractivity (Wildman–Crippen MR) is 106 cm³/mol. The van der Waals surface area contributed by atoms with Crippen molar-refractivity contribution in [3.05, 3.63) is 29.8 Å². The number of unbranched alkanes of at least 4 members (excludes halogenated alkanes) is 1. The van der Waals surface area contributed by atoms with E-state index >= 15 is 0 Å². The first-order chi connectivity index (χ1) is 12.5. The molecule has 1 aliphatic rings. The molecule has 0 spiro atoms. The molecule has 1 saturated heterocycles. The quantitative estimate of drug-likeness (QED) is 0.770. The summed E-state index contributed by atoms with van der Waals surface area (Å²) < 4.78 is 1.84. The Morgan fingerprint density at radius 2 is 1.88 bits per heavy atom. The zero-order valence-electron chi connectivity index (χ0n) is 16.6. The van der Waals surface area contributed by atoms with E-state index in [2.05, 4.69) is 39.1 Å². The summed E-state index contributed by atoms with van der Waals surface area (Å²) in [7, 11) is 0. The van der Waals surface area contributed by atoms with Crippen LogP contribution < -0.4 is 5.32 Å². The molecule has 1 fully saturated rings. The minimum Gasteiger partial charge on any atom is -0.369 e. The Labute approximate surface area is 157 Å². The largest absolute Gasteiger partial charge is 0.369 e. The fraction of sp³-hybridized carbons (Fsp3) is 0.650. The van der Waals surface area contributed by atoms with Crippen molar-refractivity contribution < 1.29 is 0 Å². The van der Waals surface area contributed by atoms with Gasteiger partial charge in [0.1, 0.15) is 5.82 Å². The van der Waals surface area contributed by atoms with Gasteiger partial charge in [0.05, 0.1) is 18.1 Å². The van der Waals surface area contributed by atoms with E-state index in [1.54, 1.807) is 12.4 Å². The number of nitrogens with zero attached hydrogens (tertiary/aromatic N) is 5. The topological polar surface area (TPSA) is 58.9 Å². The van der Waals surface area contributed by atoms with E-state index in [0.29, 0.717) is 0 Å². The number of hydrogen-bond acceptors (Lipinski definition) is 5. The second kappa shape index (κ2) is 8.62. The monoisotopic (exact) mass is 356 g/mol. The maximum absolute atomic E-state index is 4.64. The van der Waals surface area contributed by atoms with Gasteiger partial charge in [-0.2, -0.15) is 5.10 Å². The van der Waals surface area contributed by atoms with Crippen molar-refractivity contribution in [2.75, 3.05) is 31.5 Å². The van der Waals surface area contributed by atoms with Gasteiger partial charge in [0, 0.05) is 25.3 Å². The lowest BCUT2D eigenvalue weighted by atomic mass is 9.92. The van der Waals surface area contributed by atoms with Crippen molar-refractivity contribution in [1.29, 1.82) is 0 Å². The zero-order chi connectivity index (χ0) is 18.5. The summed E-state index contributed by atoms with van der Waals surface area (Å²) in [6.07, 6.45) is 7.27. The minimum absolute atomic E-state index is 0.761. The standard InChI is InChI=1S/C20H32N6/c1-15-9-16(2)14-25(13-15)8-6-5-7-22-19-11-21-12-20(23-19)26-18(4)10-17(3)24-26/h10-12,15-16H,5-9,13-14H2,1-4H3,(H,22,23). The summed E-state index contributed by atoms with van der Waals surface area (Å²) >= 11 is 0.